The van der Waals surface area contributed by atoms with E-state index in [9.17, 15) is 0 Å². The Kier molecular flexibility index (Phi) is 6.22. The molecule has 1 aromatic rings. The minimum absolute atomic E-state index is 0. The molecule has 4 nitrogen and oxygen atoms in total. The number of halogens is 2. The van der Waals surface area contributed by atoms with Crippen LogP contribution in [0.2, 0.25) is 0 Å². The van der Waals surface area contributed by atoms with Crippen molar-refractivity contribution in [2.24, 2.45) is 11.1 Å². The minimum Gasteiger partial charge on any atom is -0.490 e. The Bertz CT molecular complexity index is 554. The van der Waals surface area contributed by atoms with Crippen LogP contribution in [0.15, 0.2) is 16.6 Å². The van der Waals surface area contributed by atoms with Crippen LogP contribution < -0.4 is 15.2 Å². The van der Waals surface area contributed by atoms with Crippen molar-refractivity contribution in [1.82, 2.24) is 4.90 Å². The standard InChI is InChI=1S/C17H25BrN2O2.ClH/c1-17(2)11-20(5-4-15(17)19)10-12-8-13(18)16-14(9-12)21-6-3-7-22-16;/h8-9,15H,3-7,10-11,19H2,1-2H3;1H. The fourth-order valence-electron chi connectivity index (χ4n) is 3.25. The largest absolute Gasteiger partial charge is 0.490 e. The molecule has 130 valence electrons. The summed E-state index contributed by atoms with van der Waals surface area (Å²) in [5.74, 6) is 1.69. The number of nitrogens with zero attached hydrogens (tertiary/aromatic N) is 1. The Hall–Kier alpha value is -0.490. The Morgan fingerprint density at radius 1 is 1.30 bits per heavy atom. The summed E-state index contributed by atoms with van der Waals surface area (Å²) < 4.78 is 12.6. The van der Waals surface area contributed by atoms with Gasteiger partial charge in [-0.1, -0.05) is 13.8 Å². The molecule has 2 aliphatic heterocycles. The first kappa shape index (κ1) is 18.8. The van der Waals surface area contributed by atoms with E-state index < -0.39 is 0 Å². The molecular formula is C17H26BrClN2O2. The normalized spacial score (nSPS) is 23.7. The van der Waals surface area contributed by atoms with Crippen LogP contribution in [0.3, 0.4) is 0 Å². The van der Waals surface area contributed by atoms with Gasteiger partial charge in [-0.15, -0.1) is 12.4 Å². The smallest absolute Gasteiger partial charge is 0.175 e. The van der Waals surface area contributed by atoms with Crippen LogP contribution in [0.25, 0.3) is 0 Å². The lowest BCUT2D eigenvalue weighted by molar-refractivity contribution is 0.0898. The van der Waals surface area contributed by atoms with Crippen molar-refractivity contribution in [2.45, 2.75) is 39.3 Å². The second-order valence-corrected chi connectivity index (χ2v) is 7.90. The number of piperidine rings is 1. The number of ether oxygens (including phenoxy) is 2. The summed E-state index contributed by atoms with van der Waals surface area (Å²) in [5.41, 5.74) is 7.65. The van der Waals surface area contributed by atoms with Crippen molar-refractivity contribution in [3.05, 3.63) is 22.2 Å². The van der Waals surface area contributed by atoms with Crippen molar-refractivity contribution < 1.29 is 9.47 Å². The molecule has 1 aromatic carbocycles. The Morgan fingerprint density at radius 3 is 2.78 bits per heavy atom. The zero-order chi connectivity index (χ0) is 15.7. The van der Waals surface area contributed by atoms with Gasteiger partial charge in [0.2, 0.25) is 0 Å². The van der Waals surface area contributed by atoms with Gasteiger partial charge in [0.15, 0.2) is 11.5 Å². The summed E-state index contributed by atoms with van der Waals surface area (Å²) in [7, 11) is 0. The van der Waals surface area contributed by atoms with Gasteiger partial charge >= 0.3 is 0 Å². The summed E-state index contributed by atoms with van der Waals surface area (Å²) in [6.45, 7) is 8.95. The Morgan fingerprint density at radius 2 is 2.04 bits per heavy atom. The highest BCUT2D eigenvalue weighted by atomic mass is 79.9. The zero-order valence-electron chi connectivity index (χ0n) is 13.8. The van der Waals surface area contributed by atoms with Crippen LogP contribution in [-0.4, -0.2) is 37.2 Å². The lowest BCUT2D eigenvalue weighted by atomic mass is 9.79. The van der Waals surface area contributed by atoms with Crippen molar-refractivity contribution in [3.63, 3.8) is 0 Å². The molecule has 1 unspecified atom stereocenters. The Balaban J connectivity index is 0.00000192. The first-order chi connectivity index (χ1) is 10.5. The van der Waals surface area contributed by atoms with Crippen LogP contribution in [0.4, 0.5) is 0 Å². The number of likely N-dealkylation sites (tertiary alicyclic amines) is 1. The highest BCUT2D eigenvalue weighted by molar-refractivity contribution is 9.10. The number of fused-ring (bicyclic) bond motifs is 1. The first-order valence-corrected chi connectivity index (χ1v) is 8.81. The van der Waals surface area contributed by atoms with Gasteiger partial charge in [0.25, 0.3) is 0 Å². The van der Waals surface area contributed by atoms with Crippen molar-refractivity contribution in [3.8, 4) is 11.5 Å². The molecule has 23 heavy (non-hydrogen) atoms. The van der Waals surface area contributed by atoms with E-state index >= 15 is 0 Å². The van der Waals surface area contributed by atoms with E-state index in [1.165, 1.54) is 5.56 Å². The predicted molar refractivity (Wildman–Crippen MR) is 98.6 cm³/mol. The maximum atomic E-state index is 6.23. The van der Waals surface area contributed by atoms with Gasteiger partial charge in [0.1, 0.15) is 0 Å². The molecule has 3 rings (SSSR count). The zero-order valence-corrected chi connectivity index (χ0v) is 16.2. The molecule has 0 spiro atoms. The molecular weight excluding hydrogens is 380 g/mol. The van der Waals surface area contributed by atoms with E-state index in [-0.39, 0.29) is 17.8 Å². The number of benzene rings is 1. The summed E-state index contributed by atoms with van der Waals surface area (Å²) in [6.07, 6.45) is 1.98. The second kappa shape index (κ2) is 7.60. The van der Waals surface area contributed by atoms with Gasteiger partial charge in [-0.3, -0.25) is 4.90 Å². The lowest BCUT2D eigenvalue weighted by Crippen LogP contribution is -2.52. The summed E-state index contributed by atoms with van der Waals surface area (Å²) >= 11 is 3.62. The molecule has 1 atom stereocenters. The SMILES string of the molecule is CC1(C)CN(Cc2cc(Br)c3c(c2)OCCCO3)CCC1N.Cl. The van der Waals surface area contributed by atoms with Gasteiger partial charge < -0.3 is 15.2 Å². The van der Waals surface area contributed by atoms with Crippen LogP contribution in [0.1, 0.15) is 32.3 Å². The molecule has 2 heterocycles. The van der Waals surface area contributed by atoms with Gasteiger partial charge in [0.05, 0.1) is 17.7 Å². The van der Waals surface area contributed by atoms with Crippen LogP contribution >= 0.6 is 28.3 Å². The fourth-order valence-corrected chi connectivity index (χ4v) is 3.86. The third-order valence-corrected chi connectivity index (χ3v) is 5.25. The quantitative estimate of drug-likeness (QED) is 0.817. The maximum Gasteiger partial charge on any atom is 0.175 e. The second-order valence-electron chi connectivity index (χ2n) is 7.05. The molecule has 0 aliphatic carbocycles. The topological polar surface area (TPSA) is 47.7 Å². The fraction of sp³-hybridized carbons (Fsp3) is 0.647. The molecule has 1 fully saturated rings. The molecule has 0 bridgehead atoms. The number of rotatable bonds is 2. The molecule has 0 aromatic heterocycles. The van der Waals surface area contributed by atoms with E-state index in [1.54, 1.807) is 0 Å². The lowest BCUT2D eigenvalue weighted by Gasteiger charge is -2.42. The number of nitrogens with two attached hydrogens (primary N) is 1. The maximum absolute atomic E-state index is 6.23. The average molecular weight is 406 g/mol. The summed E-state index contributed by atoms with van der Waals surface area (Å²) in [4.78, 5) is 2.48. The highest BCUT2D eigenvalue weighted by Crippen LogP contribution is 2.39. The molecule has 0 amide bonds. The van der Waals surface area contributed by atoms with E-state index in [1.807, 2.05) is 0 Å². The molecule has 6 heteroatoms. The van der Waals surface area contributed by atoms with Crippen LogP contribution in [0, 0.1) is 5.41 Å². The third kappa shape index (κ3) is 4.32. The predicted octanol–water partition coefficient (Wildman–Crippen LogP) is 3.59. The van der Waals surface area contributed by atoms with Gasteiger partial charge in [-0.25, -0.2) is 0 Å². The number of hydrogen-bond acceptors (Lipinski definition) is 4. The van der Waals surface area contributed by atoms with E-state index in [2.05, 4.69) is 46.8 Å². The molecule has 0 saturated carbocycles. The van der Waals surface area contributed by atoms with Gasteiger partial charge in [0, 0.05) is 32.1 Å². The van der Waals surface area contributed by atoms with Crippen molar-refractivity contribution >= 4 is 28.3 Å². The average Bonchev–Trinajstić information content (AvgIpc) is 2.68. The van der Waals surface area contributed by atoms with E-state index in [0.29, 0.717) is 19.3 Å². The van der Waals surface area contributed by atoms with Crippen LogP contribution in [-0.2, 0) is 6.54 Å². The van der Waals surface area contributed by atoms with Gasteiger partial charge in [-0.2, -0.15) is 0 Å². The third-order valence-electron chi connectivity index (χ3n) is 4.66. The number of hydrogen-bond donors (Lipinski definition) is 1. The molecule has 2 aliphatic rings. The van der Waals surface area contributed by atoms with Crippen LogP contribution in [0.5, 0.6) is 11.5 Å². The van der Waals surface area contributed by atoms with Crippen molar-refractivity contribution in [1.29, 1.82) is 0 Å². The minimum atomic E-state index is 0. The van der Waals surface area contributed by atoms with E-state index in [0.717, 1.165) is 48.4 Å². The monoisotopic (exact) mass is 404 g/mol. The highest BCUT2D eigenvalue weighted by Gasteiger charge is 2.33. The molecule has 1 saturated heterocycles. The van der Waals surface area contributed by atoms with E-state index in [4.69, 9.17) is 15.2 Å². The van der Waals surface area contributed by atoms with Crippen molar-refractivity contribution in [2.75, 3.05) is 26.3 Å². The summed E-state index contributed by atoms with van der Waals surface area (Å²) in [6, 6.07) is 4.56. The summed E-state index contributed by atoms with van der Waals surface area (Å²) in [5, 5.41) is 0. The first-order valence-electron chi connectivity index (χ1n) is 8.02. The Labute approximate surface area is 153 Å². The molecule has 2 N–H and O–H groups in total. The van der Waals surface area contributed by atoms with Gasteiger partial charge in [-0.05, 0) is 45.5 Å². The molecule has 0 radical (unpaired) electrons.